The molecular weight excluding hydrogens is 334 g/mol. The molecule has 1 aliphatic rings. The lowest BCUT2D eigenvalue weighted by Gasteiger charge is -2.15. The summed E-state index contributed by atoms with van der Waals surface area (Å²) in [5.74, 6) is 1.49. The highest BCUT2D eigenvalue weighted by atomic mass is 32.2. The molecule has 5 heteroatoms. The number of carbonyl (C=O) groups is 2. The Bertz CT molecular complexity index is 758. The van der Waals surface area contributed by atoms with E-state index in [0.29, 0.717) is 17.9 Å². The van der Waals surface area contributed by atoms with Crippen molar-refractivity contribution >= 4 is 29.3 Å². The predicted octanol–water partition coefficient (Wildman–Crippen LogP) is 3.96. The highest BCUT2D eigenvalue weighted by Crippen LogP contribution is 2.24. The van der Waals surface area contributed by atoms with Crippen LogP contribution in [0.5, 0.6) is 5.75 Å². The summed E-state index contributed by atoms with van der Waals surface area (Å²) in [6.07, 6.45) is 1.50. The van der Waals surface area contributed by atoms with Gasteiger partial charge in [-0.2, -0.15) is 0 Å². The summed E-state index contributed by atoms with van der Waals surface area (Å²) in [5, 5.41) is 0. The molecule has 1 fully saturated rings. The Hall–Kier alpha value is -2.27. The number of amides is 1. The normalized spacial score (nSPS) is 14.0. The molecule has 2 aromatic carbocycles. The van der Waals surface area contributed by atoms with Crippen molar-refractivity contribution in [2.75, 3.05) is 17.2 Å². The number of hydrogen-bond acceptors (Lipinski definition) is 4. The molecule has 0 aliphatic carbocycles. The van der Waals surface area contributed by atoms with E-state index in [1.54, 1.807) is 17.0 Å². The molecule has 0 unspecified atom stereocenters. The fourth-order valence-corrected chi connectivity index (χ4v) is 3.57. The van der Waals surface area contributed by atoms with Crippen molar-refractivity contribution in [3.05, 3.63) is 59.7 Å². The Balaban J connectivity index is 1.47. The summed E-state index contributed by atoms with van der Waals surface area (Å²) in [4.78, 5) is 25.5. The van der Waals surface area contributed by atoms with E-state index >= 15 is 0 Å². The fraction of sp³-hybridized carbons (Fsp3) is 0.300. The molecule has 0 atom stereocenters. The van der Waals surface area contributed by atoms with Crippen LogP contribution in [0, 0.1) is 6.92 Å². The van der Waals surface area contributed by atoms with Crippen molar-refractivity contribution in [2.24, 2.45) is 0 Å². The number of thioether (sulfide) groups is 1. The molecule has 4 nitrogen and oxygen atoms in total. The zero-order valence-corrected chi connectivity index (χ0v) is 15.1. The lowest BCUT2D eigenvalue weighted by molar-refractivity contribution is -0.131. The third-order valence-electron chi connectivity index (χ3n) is 4.02. The van der Waals surface area contributed by atoms with Crippen LogP contribution in [0.15, 0.2) is 48.5 Å². The quantitative estimate of drug-likeness (QED) is 0.581. The highest BCUT2D eigenvalue weighted by Gasteiger charge is 2.21. The number of aryl methyl sites for hydroxylation is 1. The first-order valence-corrected chi connectivity index (χ1v) is 9.52. The van der Waals surface area contributed by atoms with E-state index in [1.165, 1.54) is 22.9 Å². The first-order valence-electron chi connectivity index (χ1n) is 8.36. The van der Waals surface area contributed by atoms with E-state index in [9.17, 15) is 9.59 Å². The average Bonchev–Trinajstić information content (AvgIpc) is 3.02. The highest BCUT2D eigenvalue weighted by molar-refractivity contribution is 7.99. The Kier molecular flexibility index (Phi) is 5.76. The number of nitrogens with zero attached hydrogens (tertiary/aromatic N) is 1. The second kappa shape index (κ2) is 8.21. The van der Waals surface area contributed by atoms with Crippen molar-refractivity contribution < 1.29 is 14.3 Å². The molecule has 2 aromatic rings. The molecule has 0 radical (unpaired) electrons. The van der Waals surface area contributed by atoms with Gasteiger partial charge in [-0.15, -0.1) is 11.8 Å². The second-order valence-corrected chi connectivity index (χ2v) is 7.08. The lowest BCUT2D eigenvalue weighted by atomic mass is 10.2. The average molecular weight is 355 g/mol. The van der Waals surface area contributed by atoms with Gasteiger partial charge in [-0.25, -0.2) is 0 Å². The molecule has 1 heterocycles. The number of benzene rings is 2. The molecule has 0 bridgehead atoms. The molecular formula is C20H21NO3S. The first kappa shape index (κ1) is 17.5. The maximum atomic E-state index is 12.0. The minimum absolute atomic E-state index is 0.150. The van der Waals surface area contributed by atoms with E-state index in [2.05, 4.69) is 25.1 Å². The molecule has 1 amide bonds. The largest absolute Gasteiger partial charge is 0.426 e. The van der Waals surface area contributed by atoms with Gasteiger partial charge in [0.15, 0.2) is 0 Å². The summed E-state index contributed by atoms with van der Waals surface area (Å²) in [5.41, 5.74) is 3.28. The van der Waals surface area contributed by atoms with E-state index in [-0.39, 0.29) is 11.9 Å². The van der Waals surface area contributed by atoms with Gasteiger partial charge in [0.25, 0.3) is 0 Å². The van der Waals surface area contributed by atoms with Gasteiger partial charge in [0, 0.05) is 24.4 Å². The number of anilines is 1. The molecule has 0 saturated carbocycles. The summed E-state index contributed by atoms with van der Waals surface area (Å²) in [7, 11) is 0. The van der Waals surface area contributed by atoms with Gasteiger partial charge >= 0.3 is 5.97 Å². The van der Waals surface area contributed by atoms with Gasteiger partial charge in [-0.05, 0) is 43.2 Å². The number of hydrogen-bond donors (Lipinski definition) is 0. The van der Waals surface area contributed by atoms with E-state index in [0.717, 1.165) is 24.4 Å². The van der Waals surface area contributed by atoms with Crippen LogP contribution in [0.1, 0.15) is 24.0 Å². The van der Waals surface area contributed by atoms with Gasteiger partial charge < -0.3 is 9.64 Å². The third kappa shape index (κ3) is 4.86. The van der Waals surface area contributed by atoms with Gasteiger partial charge in [0.05, 0.1) is 5.75 Å². The Labute approximate surface area is 152 Å². The monoisotopic (exact) mass is 355 g/mol. The third-order valence-corrected chi connectivity index (χ3v) is 5.00. The number of ether oxygens (including phenoxy) is 1. The first-order chi connectivity index (χ1) is 12.1. The van der Waals surface area contributed by atoms with Crippen molar-refractivity contribution in [3.8, 4) is 5.75 Å². The molecule has 130 valence electrons. The van der Waals surface area contributed by atoms with Crippen LogP contribution in [0.2, 0.25) is 0 Å². The minimum atomic E-state index is -0.261. The van der Waals surface area contributed by atoms with Gasteiger partial charge in [-0.1, -0.05) is 29.8 Å². The zero-order valence-electron chi connectivity index (χ0n) is 14.2. The minimum Gasteiger partial charge on any atom is -0.426 e. The van der Waals surface area contributed by atoms with E-state index in [4.69, 9.17) is 4.74 Å². The summed E-state index contributed by atoms with van der Waals surface area (Å²) >= 11 is 1.54. The van der Waals surface area contributed by atoms with Crippen LogP contribution in [-0.4, -0.2) is 24.2 Å². The molecule has 0 spiro atoms. The van der Waals surface area contributed by atoms with Gasteiger partial charge in [0.2, 0.25) is 5.91 Å². The predicted molar refractivity (Wildman–Crippen MR) is 101 cm³/mol. The van der Waals surface area contributed by atoms with Crippen LogP contribution < -0.4 is 9.64 Å². The number of esters is 1. The zero-order chi connectivity index (χ0) is 17.6. The smallest absolute Gasteiger partial charge is 0.321 e. The summed E-state index contributed by atoms with van der Waals surface area (Å²) in [6.45, 7) is 2.81. The van der Waals surface area contributed by atoms with Gasteiger partial charge in [-0.3, -0.25) is 9.59 Å². The maximum Gasteiger partial charge on any atom is 0.321 e. The van der Waals surface area contributed by atoms with Crippen molar-refractivity contribution in [1.82, 2.24) is 0 Å². The standard InChI is InChI=1S/C20H21NO3S/c1-15-4-2-5-16(12-15)13-25-14-20(23)24-18-9-7-17(8-10-18)21-11-3-6-19(21)22/h2,4-5,7-10,12H,3,6,11,13-14H2,1H3. The van der Waals surface area contributed by atoms with Crippen LogP contribution >= 0.6 is 11.8 Å². The topological polar surface area (TPSA) is 46.6 Å². The SMILES string of the molecule is Cc1cccc(CSCC(=O)Oc2ccc(N3CCCC3=O)cc2)c1. The maximum absolute atomic E-state index is 12.0. The Morgan fingerprint density at radius 2 is 2.00 bits per heavy atom. The second-order valence-electron chi connectivity index (χ2n) is 6.10. The fourth-order valence-electron chi connectivity index (χ4n) is 2.83. The van der Waals surface area contributed by atoms with Crippen molar-refractivity contribution in [3.63, 3.8) is 0 Å². The molecule has 1 aliphatic heterocycles. The van der Waals surface area contributed by atoms with E-state index in [1.807, 2.05) is 18.2 Å². The molecule has 25 heavy (non-hydrogen) atoms. The van der Waals surface area contributed by atoms with Gasteiger partial charge in [0.1, 0.15) is 5.75 Å². The van der Waals surface area contributed by atoms with Crippen LogP contribution in [0.3, 0.4) is 0 Å². The van der Waals surface area contributed by atoms with E-state index < -0.39 is 0 Å². The van der Waals surface area contributed by atoms with Crippen LogP contribution in [0.4, 0.5) is 5.69 Å². The molecule has 0 aromatic heterocycles. The van der Waals surface area contributed by atoms with Crippen LogP contribution in [-0.2, 0) is 15.3 Å². The number of carbonyl (C=O) groups excluding carboxylic acids is 2. The molecule has 0 N–H and O–H groups in total. The summed E-state index contributed by atoms with van der Waals surface area (Å²) < 4.78 is 5.36. The Morgan fingerprint density at radius 1 is 1.20 bits per heavy atom. The summed E-state index contributed by atoms with van der Waals surface area (Å²) in [6, 6.07) is 15.4. The number of rotatable bonds is 6. The van der Waals surface area contributed by atoms with Crippen molar-refractivity contribution in [2.45, 2.75) is 25.5 Å². The lowest BCUT2D eigenvalue weighted by Crippen LogP contribution is -2.23. The molecule has 1 saturated heterocycles. The Morgan fingerprint density at radius 3 is 2.68 bits per heavy atom. The van der Waals surface area contributed by atoms with Crippen molar-refractivity contribution in [1.29, 1.82) is 0 Å². The van der Waals surface area contributed by atoms with Crippen LogP contribution in [0.25, 0.3) is 0 Å². The molecule has 3 rings (SSSR count).